The van der Waals surface area contributed by atoms with Gasteiger partial charge in [-0.2, -0.15) is 4.31 Å². The van der Waals surface area contributed by atoms with E-state index in [0.29, 0.717) is 26.2 Å². The first-order valence-electron chi connectivity index (χ1n) is 6.68. The van der Waals surface area contributed by atoms with Gasteiger partial charge in [-0.25, -0.2) is 17.2 Å². The summed E-state index contributed by atoms with van der Waals surface area (Å²) in [6.07, 6.45) is 0. The van der Waals surface area contributed by atoms with Crippen LogP contribution in [0.1, 0.15) is 5.56 Å². The molecule has 0 bridgehead atoms. The minimum atomic E-state index is -3.94. The van der Waals surface area contributed by atoms with E-state index in [9.17, 15) is 17.2 Å². The predicted octanol–water partition coefficient (Wildman–Crippen LogP) is 0.620. The smallest absolute Gasteiger partial charge is 0.246 e. The Bertz CT molecular complexity index is 614. The molecular weight excluding hydrogens is 300 g/mol. The summed E-state index contributed by atoms with van der Waals surface area (Å²) in [4.78, 5) is 1.54. The Kier molecular flexibility index (Phi) is 4.92. The molecule has 0 atom stereocenters. The standard InChI is InChI=1S/C13H19F2N3O2S/c1-16-9-10-11(14)3-4-12(13(10)15)21(19,20)18-7-5-17(2)6-8-18/h3-4,16H,5-9H2,1-2H3. The van der Waals surface area contributed by atoms with Gasteiger partial charge in [0.25, 0.3) is 0 Å². The van der Waals surface area contributed by atoms with Crippen LogP contribution in [-0.2, 0) is 16.6 Å². The Morgan fingerprint density at radius 3 is 2.38 bits per heavy atom. The van der Waals surface area contributed by atoms with Gasteiger partial charge in [-0.1, -0.05) is 0 Å². The second-order valence-electron chi connectivity index (χ2n) is 5.08. The molecule has 118 valence electrons. The van der Waals surface area contributed by atoms with Crippen LogP contribution in [0.4, 0.5) is 8.78 Å². The number of piperazine rings is 1. The van der Waals surface area contributed by atoms with Crippen LogP contribution in [0, 0.1) is 11.6 Å². The molecule has 8 heteroatoms. The first-order chi connectivity index (χ1) is 9.87. The fourth-order valence-corrected chi connectivity index (χ4v) is 3.79. The number of nitrogens with one attached hydrogen (secondary N) is 1. The summed E-state index contributed by atoms with van der Waals surface area (Å²) in [6.45, 7) is 1.72. The third kappa shape index (κ3) is 3.23. The maximum atomic E-state index is 14.4. The van der Waals surface area contributed by atoms with E-state index in [4.69, 9.17) is 0 Å². The monoisotopic (exact) mass is 319 g/mol. The van der Waals surface area contributed by atoms with E-state index in [0.717, 1.165) is 12.1 Å². The third-order valence-corrected chi connectivity index (χ3v) is 5.50. The summed E-state index contributed by atoms with van der Waals surface area (Å²) in [5.41, 5.74) is -0.257. The average Bonchev–Trinajstić information content (AvgIpc) is 2.43. The normalized spacial score (nSPS) is 18.1. The van der Waals surface area contributed by atoms with E-state index >= 15 is 0 Å². The van der Waals surface area contributed by atoms with Crippen molar-refractivity contribution in [3.05, 3.63) is 29.3 Å². The van der Waals surface area contributed by atoms with E-state index in [2.05, 4.69) is 5.32 Å². The molecule has 1 saturated heterocycles. The van der Waals surface area contributed by atoms with Crippen molar-refractivity contribution >= 4 is 10.0 Å². The number of hydrogen-bond acceptors (Lipinski definition) is 4. The quantitative estimate of drug-likeness (QED) is 0.884. The molecular formula is C13H19F2N3O2S. The van der Waals surface area contributed by atoms with Gasteiger partial charge in [0.2, 0.25) is 10.0 Å². The highest BCUT2D eigenvalue weighted by molar-refractivity contribution is 7.89. The molecule has 5 nitrogen and oxygen atoms in total. The molecule has 2 rings (SSSR count). The molecule has 1 aromatic rings. The van der Waals surface area contributed by atoms with Crippen LogP contribution in [0.25, 0.3) is 0 Å². The van der Waals surface area contributed by atoms with Crippen LogP contribution < -0.4 is 5.32 Å². The van der Waals surface area contributed by atoms with Crippen molar-refractivity contribution in [2.24, 2.45) is 0 Å². The Morgan fingerprint density at radius 1 is 1.19 bits per heavy atom. The minimum Gasteiger partial charge on any atom is -0.315 e. The van der Waals surface area contributed by atoms with Gasteiger partial charge in [-0.05, 0) is 26.2 Å². The van der Waals surface area contributed by atoms with Crippen molar-refractivity contribution in [1.29, 1.82) is 0 Å². The summed E-state index contributed by atoms with van der Waals surface area (Å²) in [5.74, 6) is -1.76. The molecule has 0 aliphatic carbocycles. The average molecular weight is 319 g/mol. The van der Waals surface area contributed by atoms with Crippen LogP contribution in [0.3, 0.4) is 0 Å². The Hall–Kier alpha value is -1.09. The van der Waals surface area contributed by atoms with Crippen molar-refractivity contribution in [2.75, 3.05) is 40.3 Å². The lowest BCUT2D eigenvalue weighted by Gasteiger charge is -2.31. The van der Waals surface area contributed by atoms with Crippen LogP contribution in [0.2, 0.25) is 0 Å². The lowest BCUT2D eigenvalue weighted by atomic mass is 10.2. The van der Waals surface area contributed by atoms with Crippen molar-refractivity contribution in [2.45, 2.75) is 11.4 Å². The Balaban J connectivity index is 2.38. The number of benzene rings is 1. The summed E-state index contributed by atoms with van der Waals surface area (Å²) < 4.78 is 54.2. The first kappa shape index (κ1) is 16.3. The minimum absolute atomic E-state index is 0.0657. The van der Waals surface area contributed by atoms with Crippen LogP contribution in [-0.4, -0.2) is 57.9 Å². The van der Waals surface area contributed by atoms with E-state index < -0.39 is 26.6 Å². The summed E-state index contributed by atoms with van der Waals surface area (Å²) in [7, 11) is -0.498. The predicted molar refractivity (Wildman–Crippen MR) is 75.4 cm³/mol. The lowest BCUT2D eigenvalue weighted by molar-refractivity contribution is 0.222. The Labute approximate surface area is 123 Å². The molecule has 0 saturated carbocycles. The first-order valence-corrected chi connectivity index (χ1v) is 8.12. The SMILES string of the molecule is CNCc1c(F)ccc(S(=O)(=O)N2CCN(C)CC2)c1F. The number of nitrogens with zero attached hydrogens (tertiary/aromatic N) is 2. The van der Waals surface area contributed by atoms with Crippen molar-refractivity contribution < 1.29 is 17.2 Å². The summed E-state index contributed by atoms with van der Waals surface area (Å²) >= 11 is 0. The van der Waals surface area contributed by atoms with Gasteiger partial charge in [0.15, 0.2) is 5.82 Å². The number of sulfonamides is 1. The van der Waals surface area contributed by atoms with E-state index in [-0.39, 0.29) is 12.1 Å². The molecule has 0 spiro atoms. The molecule has 0 aromatic heterocycles. The Morgan fingerprint density at radius 2 is 1.81 bits per heavy atom. The second-order valence-corrected chi connectivity index (χ2v) is 6.98. The largest absolute Gasteiger partial charge is 0.315 e. The highest BCUT2D eigenvalue weighted by Gasteiger charge is 2.31. The zero-order valence-electron chi connectivity index (χ0n) is 12.1. The number of halogens is 2. The van der Waals surface area contributed by atoms with Crippen molar-refractivity contribution in [3.63, 3.8) is 0 Å². The van der Waals surface area contributed by atoms with Crippen LogP contribution in [0.15, 0.2) is 17.0 Å². The lowest BCUT2D eigenvalue weighted by Crippen LogP contribution is -2.47. The number of hydrogen-bond donors (Lipinski definition) is 1. The highest BCUT2D eigenvalue weighted by atomic mass is 32.2. The van der Waals surface area contributed by atoms with Gasteiger partial charge in [0.05, 0.1) is 0 Å². The van der Waals surface area contributed by atoms with Crippen molar-refractivity contribution in [3.8, 4) is 0 Å². The molecule has 0 unspecified atom stereocenters. The van der Waals surface area contributed by atoms with Gasteiger partial charge in [0, 0.05) is 38.3 Å². The topological polar surface area (TPSA) is 52.7 Å². The number of likely N-dealkylation sites (N-methyl/N-ethyl adjacent to an activating group) is 1. The molecule has 1 fully saturated rings. The van der Waals surface area contributed by atoms with Gasteiger partial charge >= 0.3 is 0 Å². The number of rotatable bonds is 4. The summed E-state index contributed by atoms with van der Waals surface area (Å²) in [5, 5.41) is 2.63. The van der Waals surface area contributed by atoms with Gasteiger partial charge in [-0.3, -0.25) is 0 Å². The molecule has 1 aromatic carbocycles. The second kappa shape index (κ2) is 6.35. The summed E-state index contributed by atoms with van der Waals surface area (Å²) in [6, 6.07) is 2.00. The zero-order valence-corrected chi connectivity index (χ0v) is 12.9. The molecule has 21 heavy (non-hydrogen) atoms. The highest BCUT2D eigenvalue weighted by Crippen LogP contribution is 2.24. The molecule has 1 heterocycles. The van der Waals surface area contributed by atoms with Crippen LogP contribution in [0.5, 0.6) is 0 Å². The molecule has 0 amide bonds. The van der Waals surface area contributed by atoms with Crippen LogP contribution >= 0.6 is 0 Å². The maximum Gasteiger partial charge on any atom is 0.246 e. The third-order valence-electron chi connectivity index (χ3n) is 3.58. The van der Waals surface area contributed by atoms with E-state index in [1.54, 1.807) is 7.05 Å². The van der Waals surface area contributed by atoms with E-state index in [1.165, 1.54) is 4.31 Å². The fraction of sp³-hybridized carbons (Fsp3) is 0.538. The molecule has 0 radical (unpaired) electrons. The van der Waals surface area contributed by atoms with Gasteiger partial charge in [-0.15, -0.1) is 0 Å². The molecule has 1 N–H and O–H groups in total. The maximum absolute atomic E-state index is 14.4. The fourth-order valence-electron chi connectivity index (χ4n) is 2.28. The van der Waals surface area contributed by atoms with E-state index in [1.807, 2.05) is 11.9 Å². The molecule has 1 aliphatic heterocycles. The molecule has 1 aliphatic rings. The van der Waals surface area contributed by atoms with Gasteiger partial charge < -0.3 is 10.2 Å². The van der Waals surface area contributed by atoms with Crippen molar-refractivity contribution in [1.82, 2.24) is 14.5 Å². The zero-order chi connectivity index (χ0) is 15.6. The van der Waals surface area contributed by atoms with Gasteiger partial charge in [0.1, 0.15) is 10.7 Å².